The fourth-order valence-electron chi connectivity index (χ4n) is 1.87. The van der Waals surface area contributed by atoms with Gasteiger partial charge in [0.05, 0.1) is 0 Å². The maximum atomic E-state index is 12.5. The summed E-state index contributed by atoms with van der Waals surface area (Å²) in [6.07, 6.45) is 1.07. The van der Waals surface area contributed by atoms with E-state index < -0.39 is 10.0 Å². The van der Waals surface area contributed by atoms with Crippen molar-refractivity contribution in [3.8, 4) is 0 Å². The molecule has 0 atom stereocenters. The predicted octanol–water partition coefficient (Wildman–Crippen LogP) is 3.13. The molecule has 0 saturated carbocycles. The van der Waals surface area contributed by atoms with Crippen LogP contribution in [0.3, 0.4) is 0 Å². The van der Waals surface area contributed by atoms with Gasteiger partial charge in [-0.25, -0.2) is 8.42 Å². The number of thiophene rings is 2. The van der Waals surface area contributed by atoms with Gasteiger partial charge in [0.25, 0.3) is 10.0 Å². The van der Waals surface area contributed by atoms with Crippen LogP contribution in [-0.2, 0) is 23.1 Å². The van der Waals surface area contributed by atoms with E-state index in [2.05, 4.69) is 12.2 Å². The lowest BCUT2D eigenvalue weighted by molar-refractivity contribution is 0.469. The van der Waals surface area contributed by atoms with Gasteiger partial charge in [-0.3, -0.25) is 0 Å². The highest BCUT2D eigenvalue weighted by Crippen LogP contribution is 2.24. The van der Waals surface area contributed by atoms with Gasteiger partial charge < -0.3 is 5.32 Å². The van der Waals surface area contributed by atoms with E-state index in [0.717, 1.165) is 24.1 Å². The first kappa shape index (κ1) is 16.6. The van der Waals surface area contributed by atoms with Gasteiger partial charge in [-0.05, 0) is 52.4 Å². The third-order valence-electron chi connectivity index (χ3n) is 3.04. The molecule has 21 heavy (non-hydrogen) atoms. The highest BCUT2D eigenvalue weighted by molar-refractivity contribution is 7.91. The summed E-state index contributed by atoms with van der Waals surface area (Å²) in [7, 11) is -1.77. The zero-order chi connectivity index (χ0) is 15.3. The molecule has 0 spiro atoms. The summed E-state index contributed by atoms with van der Waals surface area (Å²) in [4.78, 5) is 0. The van der Waals surface area contributed by atoms with Gasteiger partial charge in [-0.1, -0.05) is 6.92 Å². The van der Waals surface area contributed by atoms with Crippen molar-refractivity contribution >= 4 is 32.7 Å². The topological polar surface area (TPSA) is 49.4 Å². The first-order valence-corrected chi connectivity index (χ1v) is 10.1. The van der Waals surface area contributed by atoms with Gasteiger partial charge in [-0.15, -0.1) is 11.3 Å². The molecule has 0 aliphatic carbocycles. The van der Waals surface area contributed by atoms with E-state index in [1.165, 1.54) is 15.6 Å². The van der Waals surface area contributed by atoms with Crippen molar-refractivity contribution in [3.05, 3.63) is 39.4 Å². The normalized spacial score (nSPS) is 12.1. The van der Waals surface area contributed by atoms with Gasteiger partial charge in [0.15, 0.2) is 0 Å². The smallest absolute Gasteiger partial charge is 0.252 e. The van der Waals surface area contributed by atoms with Crippen molar-refractivity contribution in [2.75, 3.05) is 13.6 Å². The van der Waals surface area contributed by atoms with E-state index in [4.69, 9.17) is 0 Å². The van der Waals surface area contributed by atoms with Gasteiger partial charge in [0, 0.05) is 20.1 Å². The Morgan fingerprint density at radius 2 is 2.10 bits per heavy atom. The van der Waals surface area contributed by atoms with E-state index in [9.17, 15) is 8.42 Å². The summed E-state index contributed by atoms with van der Waals surface area (Å²) < 4.78 is 26.9. The van der Waals surface area contributed by atoms with Crippen molar-refractivity contribution in [1.29, 1.82) is 0 Å². The number of hydrogen-bond acceptors (Lipinski definition) is 5. The Hall–Kier alpha value is -0.730. The lowest BCUT2D eigenvalue weighted by atomic mass is 10.3. The Morgan fingerprint density at radius 1 is 1.29 bits per heavy atom. The molecule has 2 aromatic rings. The minimum Gasteiger partial charge on any atom is -0.313 e. The van der Waals surface area contributed by atoms with Crippen LogP contribution in [0, 0.1) is 0 Å². The first-order chi connectivity index (χ1) is 10.0. The van der Waals surface area contributed by atoms with E-state index in [-0.39, 0.29) is 0 Å². The van der Waals surface area contributed by atoms with Gasteiger partial charge in [0.1, 0.15) is 4.21 Å². The van der Waals surface area contributed by atoms with Crippen LogP contribution >= 0.6 is 22.7 Å². The molecule has 4 nitrogen and oxygen atoms in total. The van der Waals surface area contributed by atoms with Crippen molar-refractivity contribution in [2.45, 2.75) is 30.6 Å². The molecule has 0 saturated heterocycles. The quantitative estimate of drug-likeness (QED) is 0.749. The first-order valence-electron chi connectivity index (χ1n) is 6.79. The molecule has 116 valence electrons. The van der Waals surface area contributed by atoms with Gasteiger partial charge >= 0.3 is 0 Å². The zero-order valence-electron chi connectivity index (χ0n) is 12.2. The Labute approximate surface area is 134 Å². The van der Waals surface area contributed by atoms with Crippen LogP contribution in [0.15, 0.2) is 32.5 Å². The molecular formula is C14H20N2O2S3. The molecule has 0 unspecified atom stereocenters. The lowest BCUT2D eigenvalue weighted by Crippen LogP contribution is -2.25. The minimum absolute atomic E-state index is 0.410. The summed E-state index contributed by atoms with van der Waals surface area (Å²) in [5.41, 5.74) is 2.04. The average molecular weight is 345 g/mol. The van der Waals surface area contributed by atoms with Crippen LogP contribution < -0.4 is 5.32 Å². The Morgan fingerprint density at radius 3 is 2.76 bits per heavy atom. The second-order valence-electron chi connectivity index (χ2n) is 4.84. The standard InChI is InChI=1S/C14H20N2O2S3/c1-3-5-15-8-13-7-14(20-11-13)21(17,18)16(2)9-12-4-6-19-10-12/h4,6-7,10-11,15H,3,5,8-9H2,1-2H3. The maximum Gasteiger partial charge on any atom is 0.252 e. The van der Waals surface area contributed by atoms with E-state index in [0.29, 0.717) is 17.3 Å². The van der Waals surface area contributed by atoms with Gasteiger partial charge in [-0.2, -0.15) is 15.6 Å². The number of nitrogens with one attached hydrogen (secondary N) is 1. The van der Waals surface area contributed by atoms with Crippen molar-refractivity contribution in [1.82, 2.24) is 9.62 Å². The predicted molar refractivity (Wildman–Crippen MR) is 89.3 cm³/mol. The molecule has 0 amide bonds. The summed E-state index contributed by atoms with van der Waals surface area (Å²) in [5.74, 6) is 0. The second kappa shape index (κ2) is 7.51. The van der Waals surface area contributed by atoms with Crippen LogP contribution in [0.2, 0.25) is 0 Å². The monoisotopic (exact) mass is 344 g/mol. The fraction of sp³-hybridized carbons (Fsp3) is 0.429. The maximum absolute atomic E-state index is 12.5. The molecule has 0 aliphatic rings. The van der Waals surface area contributed by atoms with Crippen molar-refractivity contribution in [2.24, 2.45) is 0 Å². The highest BCUT2D eigenvalue weighted by atomic mass is 32.2. The molecule has 0 bridgehead atoms. The summed E-state index contributed by atoms with van der Waals surface area (Å²) in [5, 5.41) is 9.12. The molecule has 2 rings (SSSR count). The van der Waals surface area contributed by atoms with E-state index >= 15 is 0 Å². The Bertz CT molecular complexity index is 648. The largest absolute Gasteiger partial charge is 0.313 e. The molecule has 2 heterocycles. The lowest BCUT2D eigenvalue weighted by Gasteiger charge is -2.15. The summed E-state index contributed by atoms with van der Waals surface area (Å²) >= 11 is 2.86. The van der Waals surface area contributed by atoms with Gasteiger partial charge in [0.2, 0.25) is 0 Å². The second-order valence-corrected chi connectivity index (χ2v) is 8.81. The molecule has 0 radical (unpaired) electrons. The number of sulfonamides is 1. The highest BCUT2D eigenvalue weighted by Gasteiger charge is 2.23. The fourth-order valence-corrected chi connectivity index (χ4v) is 5.11. The Kier molecular flexibility index (Phi) is 5.95. The molecule has 1 N–H and O–H groups in total. The number of rotatable bonds is 8. The van der Waals surface area contributed by atoms with E-state index in [1.54, 1.807) is 24.5 Å². The van der Waals surface area contributed by atoms with Crippen LogP contribution in [0.5, 0.6) is 0 Å². The molecule has 2 aromatic heterocycles. The summed E-state index contributed by atoms with van der Waals surface area (Å²) in [6, 6.07) is 3.72. The van der Waals surface area contributed by atoms with E-state index in [1.807, 2.05) is 22.2 Å². The zero-order valence-corrected chi connectivity index (χ0v) is 14.7. The van der Waals surface area contributed by atoms with Crippen LogP contribution in [0.4, 0.5) is 0 Å². The third kappa shape index (κ3) is 4.37. The molecule has 0 fully saturated rings. The molecule has 7 heteroatoms. The van der Waals surface area contributed by atoms with Crippen molar-refractivity contribution < 1.29 is 8.42 Å². The SMILES string of the molecule is CCCNCc1csc(S(=O)(=O)N(C)Cc2ccsc2)c1. The third-order valence-corrected chi connectivity index (χ3v) is 7.03. The molecule has 0 aliphatic heterocycles. The number of nitrogens with zero attached hydrogens (tertiary/aromatic N) is 1. The van der Waals surface area contributed by atoms with Crippen molar-refractivity contribution in [3.63, 3.8) is 0 Å². The number of hydrogen-bond donors (Lipinski definition) is 1. The average Bonchev–Trinajstić information content (AvgIpc) is 3.10. The van der Waals surface area contributed by atoms with Crippen LogP contribution in [0.1, 0.15) is 24.5 Å². The van der Waals surface area contributed by atoms with Crippen LogP contribution in [0.25, 0.3) is 0 Å². The Balaban J connectivity index is 2.04. The molecular weight excluding hydrogens is 324 g/mol. The van der Waals surface area contributed by atoms with Crippen LogP contribution in [-0.4, -0.2) is 26.3 Å². The minimum atomic E-state index is -3.40. The summed E-state index contributed by atoms with van der Waals surface area (Å²) in [6.45, 7) is 4.17. The molecule has 0 aromatic carbocycles.